The topological polar surface area (TPSA) is 75.8 Å². The van der Waals surface area contributed by atoms with E-state index in [0.29, 0.717) is 0 Å². The molecule has 0 radical (unpaired) electrons. The van der Waals surface area contributed by atoms with Gasteiger partial charge < -0.3 is 15.4 Å². The van der Waals surface area contributed by atoms with Crippen LogP contribution in [0.2, 0.25) is 0 Å². The summed E-state index contributed by atoms with van der Waals surface area (Å²) in [5, 5.41) is 15.0. The number of fused-ring (bicyclic) bond motifs is 1. The van der Waals surface area contributed by atoms with E-state index < -0.39 is 0 Å². The van der Waals surface area contributed by atoms with Crippen LogP contribution in [0.3, 0.4) is 0 Å². The van der Waals surface area contributed by atoms with E-state index in [2.05, 4.69) is 32.7 Å². The number of aromatic nitrogens is 3. The summed E-state index contributed by atoms with van der Waals surface area (Å²) >= 11 is 0. The lowest BCUT2D eigenvalue weighted by molar-refractivity contribution is 0.0243. The number of hydrogen-bond donors (Lipinski definition) is 2. The van der Waals surface area contributed by atoms with Crippen molar-refractivity contribution in [3.63, 3.8) is 0 Å². The maximum absolute atomic E-state index is 5.78. The molecule has 0 spiro atoms. The van der Waals surface area contributed by atoms with Gasteiger partial charge in [0.1, 0.15) is 5.82 Å². The van der Waals surface area contributed by atoms with Gasteiger partial charge in [0.2, 0.25) is 0 Å². The normalized spacial score (nSPS) is 21.7. The van der Waals surface area contributed by atoms with Crippen LogP contribution in [0.4, 0.5) is 0 Å². The fourth-order valence-corrected chi connectivity index (χ4v) is 2.82. The Bertz CT molecular complexity index is 674. The smallest absolute Gasteiger partial charge is 0.191 e. The number of nitrogens with zero attached hydrogens (tertiary/aromatic N) is 4. The molecule has 1 saturated heterocycles. The summed E-state index contributed by atoms with van der Waals surface area (Å²) in [6.45, 7) is 4.50. The van der Waals surface area contributed by atoms with Crippen molar-refractivity contribution in [2.75, 3.05) is 26.7 Å². The van der Waals surface area contributed by atoms with Crippen LogP contribution in [0.1, 0.15) is 25.6 Å². The third-order valence-corrected chi connectivity index (χ3v) is 4.18. The van der Waals surface area contributed by atoms with Gasteiger partial charge >= 0.3 is 0 Å². The van der Waals surface area contributed by atoms with Gasteiger partial charge in [0.25, 0.3) is 0 Å². The van der Waals surface area contributed by atoms with Crippen LogP contribution >= 0.6 is 0 Å². The van der Waals surface area contributed by atoms with Gasteiger partial charge in [-0.3, -0.25) is 9.39 Å². The van der Waals surface area contributed by atoms with Gasteiger partial charge in [-0.15, -0.1) is 10.2 Å². The molecule has 1 atom stereocenters. The van der Waals surface area contributed by atoms with Gasteiger partial charge in [-0.25, -0.2) is 0 Å². The molecule has 0 amide bonds. The van der Waals surface area contributed by atoms with Gasteiger partial charge in [-0.1, -0.05) is 6.07 Å². The summed E-state index contributed by atoms with van der Waals surface area (Å²) in [5.41, 5.74) is 0.789. The molecular weight excluding hydrogens is 292 g/mol. The molecule has 0 aliphatic carbocycles. The molecule has 3 rings (SSSR count). The van der Waals surface area contributed by atoms with E-state index in [1.54, 1.807) is 7.05 Å². The highest BCUT2D eigenvalue weighted by molar-refractivity contribution is 5.79. The molecule has 3 heterocycles. The first-order chi connectivity index (χ1) is 11.2. The maximum atomic E-state index is 5.78. The molecular formula is C16H24N6O. The quantitative estimate of drug-likeness (QED) is 0.636. The highest BCUT2D eigenvalue weighted by Gasteiger charge is 2.29. The third kappa shape index (κ3) is 3.79. The standard InChI is InChI=1S/C16H24N6O/c1-16(8-5-11-23-16)12-19-15(17-2)18-9-7-14-21-20-13-6-3-4-10-22(13)14/h3-4,6,10H,5,7-9,11-12H2,1-2H3,(H2,17,18,19). The van der Waals surface area contributed by atoms with Crippen LogP contribution < -0.4 is 10.6 Å². The van der Waals surface area contributed by atoms with Crippen LogP contribution in [0.15, 0.2) is 29.4 Å². The minimum atomic E-state index is -0.0825. The number of aliphatic imine (C=N–C) groups is 1. The van der Waals surface area contributed by atoms with Gasteiger partial charge in [0.15, 0.2) is 11.6 Å². The zero-order valence-electron chi connectivity index (χ0n) is 13.7. The number of guanidine groups is 1. The predicted molar refractivity (Wildman–Crippen MR) is 89.6 cm³/mol. The Labute approximate surface area is 136 Å². The number of pyridine rings is 1. The van der Waals surface area contributed by atoms with Crippen molar-refractivity contribution < 1.29 is 4.74 Å². The molecule has 2 aromatic heterocycles. The van der Waals surface area contributed by atoms with Crippen LogP contribution in [0.5, 0.6) is 0 Å². The molecule has 2 aromatic rings. The number of nitrogens with one attached hydrogen (secondary N) is 2. The average molecular weight is 316 g/mol. The van der Waals surface area contributed by atoms with Crippen molar-refractivity contribution in [3.8, 4) is 0 Å². The first-order valence-corrected chi connectivity index (χ1v) is 8.07. The van der Waals surface area contributed by atoms with E-state index >= 15 is 0 Å². The molecule has 0 saturated carbocycles. The van der Waals surface area contributed by atoms with E-state index in [9.17, 15) is 0 Å². The average Bonchev–Trinajstić information content (AvgIpc) is 3.18. The zero-order valence-corrected chi connectivity index (χ0v) is 13.7. The lowest BCUT2D eigenvalue weighted by atomic mass is 10.0. The summed E-state index contributed by atoms with van der Waals surface area (Å²) in [5.74, 6) is 1.73. The summed E-state index contributed by atoms with van der Waals surface area (Å²) in [6.07, 6.45) is 4.97. The molecule has 2 N–H and O–H groups in total. The van der Waals surface area contributed by atoms with E-state index in [1.807, 2.05) is 28.8 Å². The second-order valence-electron chi connectivity index (χ2n) is 6.05. The Hall–Kier alpha value is -2.15. The van der Waals surface area contributed by atoms with Crippen LogP contribution in [-0.2, 0) is 11.2 Å². The van der Waals surface area contributed by atoms with E-state index in [0.717, 1.165) is 56.4 Å². The fourth-order valence-electron chi connectivity index (χ4n) is 2.82. The predicted octanol–water partition coefficient (Wildman–Crippen LogP) is 1.01. The van der Waals surface area contributed by atoms with Crippen molar-refractivity contribution in [3.05, 3.63) is 30.2 Å². The van der Waals surface area contributed by atoms with Crippen LogP contribution in [0.25, 0.3) is 5.65 Å². The first kappa shape index (κ1) is 15.7. The molecule has 0 aromatic carbocycles. The third-order valence-electron chi connectivity index (χ3n) is 4.18. The second kappa shape index (κ2) is 6.95. The van der Waals surface area contributed by atoms with Gasteiger partial charge in [0.05, 0.1) is 5.60 Å². The van der Waals surface area contributed by atoms with Crippen molar-refractivity contribution in [1.82, 2.24) is 25.2 Å². The molecule has 1 aliphatic heterocycles. The fraction of sp³-hybridized carbons (Fsp3) is 0.562. The van der Waals surface area contributed by atoms with Crippen molar-refractivity contribution in [1.29, 1.82) is 0 Å². The van der Waals surface area contributed by atoms with Gasteiger partial charge in [-0.2, -0.15) is 0 Å². The van der Waals surface area contributed by atoms with Gasteiger partial charge in [0, 0.05) is 39.4 Å². The molecule has 0 bridgehead atoms. The molecule has 124 valence electrons. The summed E-state index contributed by atoms with van der Waals surface area (Å²) in [6, 6.07) is 5.90. The monoisotopic (exact) mass is 316 g/mol. The Balaban J connectivity index is 1.48. The van der Waals surface area contributed by atoms with Crippen molar-refractivity contribution >= 4 is 11.6 Å². The highest BCUT2D eigenvalue weighted by atomic mass is 16.5. The largest absolute Gasteiger partial charge is 0.373 e. The summed E-state index contributed by atoms with van der Waals surface area (Å²) in [4.78, 5) is 4.26. The lowest BCUT2D eigenvalue weighted by Crippen LogP contribution is -2.46. The van der Waals surface area contributed by atoms with Crippen molar-refractivity contribution in [2.24, 2.45) is 4.99 Å². The number of ether oxygens (including phenoxy) is 1. The lowest BCUT2D eigenvalue weighted by Gasteiger charge is -2.24. The molecule has 7 nitrogen and oxygen atoms in total. The minimum absolute atomic E-state index is 0.0825. The second-order valence-corrected chi connectivity index (χ2v) is 6.05. The van der Waals surface area contributed by atoms with E-state index in [1.165, 1.54) is 0 Å². The molecule has 1 aliphatic rings. The highest BCUT2D eigenvalue weighted by Crippen LogP contribution is 2.23. The number of hydrogen-bond acceptors (Lipinski definition) is 4. The number of rotatable bonds is 5. The maximum Gasteiger partial charge on any atom is 0.191 e. The zero-order chi connectivity index (χ0) is 16.1. The SMILES string of the molecule is CN=C(NCCc1nnc2ccccn12)NCC1(C)CCCO1. The Morgan fingerprint density at radius 2 is 2.30 bits per heavy atom. The van der Waals surface area contributed by atoms with Crippen LogP contribution in [-0.4, -0.2) is 52.9 Å². The van der Waals surface area contributed by atoms with Gasteiger partial charge in [-0.05, 0) is 31.9 Å². The Kier molecular flexibility index (Phi) is 4.76. The molecule has 1 unspecified atom stereocenters. The first-order valence-electron chi connectivity index (χ1n) is 8.07. The van der Waals surface area contributed by atoms with Crippen LogP contribution in [0, 0.1) is 0 Å². The minimum Gasteiger partial charge on any atom is -0.373 e. The molecule has 1 fully saturated rings. The summed E-state index contributed by atoms with van der Waals surface area (Å²) < 4.78 is 7.79. The Morgan fingerprint density at radius 3 is 3.09 bits per heavy atom. The molecule has 7 heteroatoms. The molecule has 23 heavy (non-hydrogen) atoms. The summed E-state index contributed by atoms with van der Waals surface area (Å²) in [7, 11) is 1.78. The van der Waals surface area contributed by atoms with Crippen molar-refractivity contribution in [2.45, 2.75) is 31.8 Å². The van der Waals surface area contributed by atoms with E-state index in [4.69, 9.17) is 4.74 Å². The Morgan fingerprint density at radius 1 is 1.39 bits per heavy atom. The van der Waals surface area contributed by atoms with E-state index in [-0.39, 0.29) is 5.60 Å².